The minimum Gasteiger partial charge on any atom is -0.381 e. The van der Waals surface area contributed by atoms with Gasteiger partial charge in [-0.05, 0) is 18.9 Å². The molecule has 0 atom stereocenters. The van der Waals surface area contributed by atoms with Crippen LogP contribution in [0.25, 0.3) is 10.9 Å². The van der Waals surface area contributed by atoms with Gasteiger partial charge in [-0.25, -0.2) is 0 Å². The van der Waals surface area contributed by atoms with Crippen molar-refractivity contribution in [1.29, 1.82) is 5.26 Å². The van der Waals surface area contributed by atoms with Gasteiger partial charge in [0.15, 0.2) is 0 Å². The number of para-hydroxylation sites is 1. The van der Waals surface area contributed by atoms with Gasteiger partial charge in [0.2, 0.25) is 0 Å². The molecule has 4 nitrogen and oxygen atoms in total. The molecule has 0 saturated carbocycles. The zero-order valence-corrected chi connectivity index (χ0v) is 11.0. The van der Waals surface area contributed by atoms with Crippen LogP contribution in [0.2, 0.25) is 0 Å². The molecule has 2 aromatic rings. The zero-order chi connectivity index (χ0) is 13.2. The minimum atomic E-state index is 0.439. The molecule has 1 N–H and O–H groups in total. The third-order valence-corrected chi connectivity index (χ3v) is 3.89. The lowest BCUT2D eigenvalue weighted by Gasteiger charge is -2.32. The first-order valence-electron chi connectivity index (χ1n) is 6.62. The molecule has 0 spiro atoms. The van der Waals surface area contributed by atoms with Gasteiger partial charge in [-0.15, -0.1) is 0 Å². The molecule has 1 aromatic carbocycles. The zero-order valence-electron chi connectivity index (χ0n) is 11.0. The maximum atomic E-state index is 9.43. The molecule has 0 amide bonds. The number of aromatic amines is 1. The largest absolute Gasteiger partial charge is 0.381 e. The van der Waals surface area contributed by atoms with Crippen molar-refractivity contribution in [3.8, 4) is 6.07 Å². The Morgan fingerprint density at radius 1 is 1.32 bits per heavy atom. The fourth-order valence-electron chi connectivity index (χ4n) is 2.76. The first-order valence-corrected chi connectivity index (χ1v) is 6.62. The summed E-state index contributed by atoms with van der Waals surface area (Å²) in [5.74, 6) is 0.926. The Morgan fingerprint density at radius 2 is 2.05 bits per heavy atom. The maximum Gasteiger partial charge on any atom is 0.125 e. The number of hydrogen-bond acceptors (Lipinski definition) is 3. The summed E-state index contributed by atoms with van der Waals surface area (Å²) in [4.78, 5) is 5.57. The lowest BCUT2D eigenvalue weighted by Crippen LogP contribution is -2.37. The number of benzene rings is 1. The average molecular weight is 255 g/mol. The molecule has 1 saturated heterocycles. The summed E-state index contributed by atoms with van der Waals surface area (Å²) in [6.45, 7) is 1.61. The van der Waals surface area contributed by atoms with Crippen LogP contribution in [0, 0.1) is 11.3 Å². The van der Waals surface area contributed by atoms with Crippen molar-refractivity contribution >= 4 is 16.7 Å². The topological polar surface area (TPSA) is 52.0 Å². The van der Waals surface area contributed by atoms with Gasteiger partial charge in [-0.3, -0.25) is 0 Å². The Morgan fingerprint density at radius 3 is 2.79 bits per heavy atom. The smallest absolute Gasteiger partial charge is 0.125 e. The number of ether oxygens (including phenoxy) is 1. The van der Waals surface area contributed by atoms with E-state index in [-0.39, 0.29) is 0 Å². The summed E-state index contributed by atoms with van der Waals surface area (Å²) < 4.78 is 5.40. The van der Waals surface area contributed by atoms with E-state index >= 15 is 0 Å². The van der Waals surface area contributed by atoms with E-state index in [1.807, 2.05) is 24.3 Å². The van der Waals surface area contributed by atoms with E-state index in [9.17, 15) is 5.26 Å². The van der Waals surface area contributed by atoms with Crippen LogP contribution in [0.15, 0.2) is 24.3 Å². The van der Waals surface area contributed by atoms with E-state index in [0.717, 1.165) is 48.3 Å². The first-order chi connectivity index (χ1) is 9.31. The predicted octanol–water partition coefficient (Wildman–Crippen LogP) is 2.65. The Bertz CT molecular complexity index is 620. The molecule has 98 valence electrons. The van der Waals surface area contributed by atoms with Crippen molar-refractivity contribution in [2.45, 2.75) is 18.9 Å². The van der Waals surface area contributed by atoms with Crippen molar-refractivity contribution < 1.29 is 4.74 Å². The highest BCUT2D eigenvalue weighted by Gasteiger charge is 2.23. The second-order valence-electron chi connectivity index (χ2n) is 4.96. The van der Waals surface area contributed by atoms with Crippen LogP contribution < -0.4 is 4.90 Å². The highest BCUT2D eigenvalue weighted by atomic mass is 16.5. The standard InChI is InChI=1S/C15H17N3O/c1-18(11-6-8-19-9-7-11)15-13(10-16)12-4-2-3-5-14(12)17-15/h2-5,11,17H,6-9H2,1H3. The van der Waals surface area contributed by atoms with E-state index in [4.69, 9.17) is 4.74 Å². The van der Waals surface area contributed by atoms with Gasteiger partial charge in [-0.2, -0.15) is 5.26 Å². The van der Waals surface area contributed by atoms with Crippen LogP contribution in [0.4, 0.5) is 5.82 Å². The third-order valence-electron chi connectivity index (χ3n) is 3.89. The molecule has 4 heteroatoms. The highest BCUT2D eigenvalue weighted by molar-refractivity contribution is 5.91. The first kappa shape index (κ1) is 12.1. The molecule has 1 aliphatic heterocycles. The van der Waals surface area contributed by atoms with Crippen LogP contribution in [0.3, 0.4) is 0 Å². The summed E-state index contributed by atoms with van der Waals surface area (Å²) in [5.41, 5.74) is 1.76. The fourth-order valence-corrected chi connectivity index (χ4v) is 2.76. The molecule has 3 rings (SSSR count). The molecule has 19 heavy (non-hydrogen) atoms. The van der Waals surface area contributed by atoms with Gasteiger partial charge in [0, 0.05) is 37.2 Å². The Balaban J connectivity index is 2.01. The lowest BCUT2D eigenvalue weighted by molar-refractivity contribution is 0.0854. The van der Waals surface area contributed by atoms with Crippen LogP contribution in [-0.4, -0.2) is 31.3 Å². The number of rotatable bonds is 2. The quantitative estimate of drug-likeness (QED) is 0.897. The summed E-state index contributed by atoms with van der Waals surface area (Å²) in [5, 5.41) is 10.4. The number of nitriles is 1. The van der Waals surface area contributed by atoms with E-state index in [2.05, 4.69) is 23.0 Å². The van der Waals surface area contributed by atoms with Crippen molar-refractivity contribution in [2.75, 3.05) is 25.2 Å². The van der Waals surface area contributed by atoms with E-state index in [0.29, 0.717) is 6.04 Å². The van der Waals surface area contributed by atoms with Gasteiger partial charge in [0.1, 0.15) is 17.5 Å². The number of nitrogens with zero attached hydrogens (tertiary/aromatic N) is 2. The van der Waals surface area contributed by atoms with Crippen molar-refractivity contribution in [1.82, 2.24) is 4.98 Å². The molecular formula is C15H17N3O. The van der Waals surface area contributed by atoms with E-state index in [1.165, 1.54) is 0 Å². The van der Waals surface area contributed by atoms with Gasteiger partial charge >= 0.3 is 0 Å². The number of fused-ring (bicyclic) bond motifs is 1. The molecule has 0 aliphatic carbocycles. The number of anilines is 1. The normalized spacial score (nSPS) is 16.4. The molecule has 0 bridgehead atoms. The lowest BCUT2D eigenvalue weighted by atomic mass is 10.1. The molecule has 0 unspecified atom stereocenters. The Kier molecular flexibility index (Phi) is 3.14. The summed E-state index contributed by atoms with van der Waals surface area (Å²) >= 11 is 0. The second-order valence-corrected chi connectivity index (χ2v) is 4.96. The second kappa shape index (κ2) is 4.94. The monoisotopic (exact) mass is 255 g/mol. The van der Waals surface area contributed by atoms with Gasteiger partial charge in [-0.1, -0.05) is 18.2 Å². The Hall–Kier alpha value is -1.99. The molecule has 1 aliphatic rings. The average Bonchev–Trinajstić information content (AvgIpc) is 2.85. The van der Waals surface area contributed by atoms with Gasteiger partial charge in [0.25, 0.3) is 0 Å². The SMILES string of the molecule is CN(c1[nH]c2ccccc2c1C#N)C1CCOCC1. The van der Waals surface area contributed by atoms with Crippen LogP contribution in [0.1, 0.15) is 18.4 Å². The minimum absolute atomic E-state index is 0.439. The van der Waals surface area contributed by atoms with Crippen molar-refractivity contribution in [3.05, 3.63) is 29.8 Å². The number of hydrogen-bond donors (Lipinski definition) is 1. The maximum absolute atomic E-state index is 9.43. The van der Waals surface area contributed by atoms with Gasteiger partial charge in [0.05, 0.1) is 0 Å². The third kappa shape index (κ3) is 2.06. The summed E-state index contributed by atoms with van der Waals surface area (Å²) in [6.07, 6.45) is 2.02. The number of H-pyrrole nitrogens is 1. The Labute approximate surface area is 112 Å². The predicted molar refractivity (Wildman–Crippen MR) is 75.3 cm³/mol. The van der Waals surface area contributed by atoms with Crippen LogP contribution in [0.5, 0.6) is 0 Å². The van der Waals surface area contributed by atoms with Crippen LogP contribution >= 0.6 is 0 Å². The molecule has 1 fully saturated rings. The number of nitrogens with one attached hydrogen (secondary N) is 1. The van der Waals surface area contributed by atoms with Gasteiger partial charge < -0.3 is 14.6 Å². The molecule has 0 radical (unpaired) electrons. The molecular weight excluding hydrogens is 238 g/mol. The van der Waals surface area contributed by atoms with Crippen molar-refractivity contribution in [2.24, 2.45) is 0 Å². The summed E-state index contributed by atoms with van der Waals surface area (Å²) in [6, 6.07) is 10.7. The van der Waals surface area contributed by atoms with Crippen molar-refractivity contribution in [3.63, 3.8) is 0 Å². The van der Waals surface area contributed by atoms with Crippen LogP contribution in [-0.2, 0) is 4.74 Å². The van der Waals surface area contributed by atoms with E-state index in [1.54, 1.807) is 0 Å². The molecule has 1 aromatic heterocycles. The van der Waals surface area contributed by atoms with E-state index < -0.39 is 0 Å². The summed E-state index contributed by atoms with van der Waals surface area (Å²) in [7, 11) is 2.06. The highest BCUT2D eigenvalue weighted by Crippen LogP contribution is 2.30. The number of aromatic nitrogens is 1. The molecule has 2 heterocycles. The fraction of sp³-hybridized carbons (Fsp3) is 0.400.